The molecule has 0 aliphatic carbocycles. The van der Waals surface area contributed by atoms with Crippen LogP contribution >= 0.6 is 15.9 Å². The van der Waals surface area contributed by atoms with Crippen LogP contribution in [0, 0.1) is 5.82 Å². The van der Waals surface area contributed by atoms with Gasteiger partial charge in [-0.2, -0.15) is 0 Å². The summed E-state index contributed by atoms with van der Waals surface area (Å²) in [5, 5.41) is 2.74. The predicted molar refractivity (Wildman–Crippen MR) is 93.9 cm³/mol. The Morgan fingerprint density at radius 2 is 1.84 bits per heavy atom. The first-order valence-electron chi connectivity index (χ1n) is 7.41. The van der Waals surface area contributed by atoms with Gasteiger partial charge >= 0.3 is 5.97 Å². The Kier molecular flexibility index (Phi) is 6.52. The van der Waals surface area contributed by atoms with Crippen LogP contribution in [0.5, 0.6) is 5.75 Å². The zero-order valence-corrected chi connectivity index (χ0v) is 15.3. The first kappa shape index (κ1) is 18.9. The fraction of sp³-hybridized carbons (Fsp3) is 0.222. The molecule has 0 spiro atoms. The Balaban J connectivity index is 2.27. The van der Waals surface area contributed by atoms with Crippen LogP contribution in [0.1, 0.15) is 28.4 Å². The number of rotatable bonds is 6. The maximum atomic E-state index is 13.4. The zero-order chi connectivity index (χ0) is 18.4. The van der Waals surface area contributed by atoms with E-state index in [1.807, 2.05) is 0 Å². The van der Waals surface area contributed by atoms with Crippen molar-refractivity contribution in [2.24, 2.45) is 0 Å². The summed E-state index contributed by atoms with van der Waals surface area (Å²) in [5.41, 5.74) is 0.843. The monoisotopic (exact) mass is 409 g/mol. The molecular weight excluding hydrogens is 393 g/mol. The molecule has 1 atom stereocenters. The molecule has 0 aliphatic rings. The second-order valence-corrected chi connectivity index (χ2v) is 6.06. The average molecular weight is 410 g/mol. The molecule has 0 aromatic heterocycles. The number of methoxy groups -OCH3 is 2. The number of hydrogen-bond donors (Lipinski definition) is 1. The van der Waals surface area contributed by atoms with Gasteiger partial charge in [-0.15, -0.1) is 0 Å². The number of hydrogen-bond acceptors (Lipinski definition) is 4. The lowest BCUT2D eigenvalue weighted by Gasteiger charge is -2.19. The van der Waals surface area contributed by atoms with Crippen molar-refractivity contribution in [2.45, 2.75) is 12.5 Å². The van der Waals surface area contributed by atoms with Crippen molar-refractivity contribution >= 4 is 27.8 Å². The summed E-state index contributed by atoms with van der Waals surface area (Å²) >= 11 is 3.22. The number of carbonyl (C=O) groups is 2. The Morgan fingerprint density at radius 1 is 1.16 bits per heavy atom. The van der Waals surface area contributed by atoms with Gasteiger partial charge in [0.05, 0.1) is 32.2 Å². The maximum absolute atomic E-state index is 13.4. The molecule has 0 radical (unpaired) electrons. The number of amides is 1. The quantitative estimate of drug-likeness (QED) is 0.739. The molecule has 0 heterocycles. The summed E-state index contributed by atoms with van der Waals surface area (Å²) in [6, 6.07) is 10.1. The van der Waals surface area contributed by atoms with E-state index in [1.54, 1.807) is 31.4 Å². The van der Waals surface area contributed by atoms with E-state index in [2.05, 4.69) is 21.2 Å². The summed E-state index contributed by atoms with van der Waals surface area (Å²) in [5.74, 6) is -0.849. The highest BCUT2D eigenvalue weighted by molar-refractivity contribution is 9.10. The molecule has 5 nitrogen and oxygen atoms in total. The average Bonchev–Trinajstić information content (AvgIpc) is 2.63. The second-order valence-electron chi connectivity index (χ2n) is 5.20. The van der Waals surface area contributed by atoms with Gasteiger partial charge in [-0.3, -0.25) is 9.59 Å². The van der Waals surface area contributed by atoms with E-state index in [0.717, 1.165) is 6.07 Å². The molecule has 1 unspecified atom stereocenters. The molecule has 0 bridgehead atoms. The van der Waals surface area contributed by atoms with E-state index in [0.29, 0.717) is 15.8 Å². The lowest BCUT2D eigenvalue weighted by Crippen LogP contribution is -2.30. The standard InChI is InChI=1S/C18H17BrFNO4/c1-24-13-6-3-11(4-7-13)16(10-17(22)25-2)21-18(23)14-9-12(20)5-8-15(14)19/h3-9,16H,10H2,1-2H3,(H,21,23). The van der Waals surface area contributed by atoms with E-state index < -0.39 is 23.7 Å². The molecule has 1 amide bonds. The number of ether oxygens (including phenoxy) is 2. The summed E-state index contributed by atoms with van der Waals surface area (Å²) in [6.45, 7) is 0. The van der Waals surface area contributed by atoms with Crippen LogP contribution < -0.4 is 10.1 Å². The van der Waals surface area contributed by atoms with Crippen molar-refractivity contribution in [1.82, 2.24) is 5.32 Å². The van der Waals surface area contributed by atoms with Gasteiger partial charge in [-0.1, -0.05) is 12.1 Å². The minimum Gasteiger partial charge on any atom is -0.497 e. The van der Waals surface area contributed by atoms with Crippen LogP contribution in [0.3, 0.4) is 0 Å². The maximum Gasteiger partial charge on any atom is 0.307 e. The van der Waals surface area contributed by atoms with Gasteiger partial charge in [0, 0.05) is 4.47 Å². The molecule has 132 valence electrons. The predicted octanol–water partition coefficient (Wildman–Crippen LogP) is 3.63. The zero-order valence-electron chi connectivity index (χ0n) is 13.7. The Morgan fingerprint density at radius 3 is 2.44 bits per heavy atom. The minimum atomic E-state index is -0.624. The number of nitrogens with one attached hydrogen (secondary N) is 1. The van der Waals surface area contributed by atoms with Crippen molar-refractivity contribution in [2.75, 3.05) is 14.2 Å². The summed E-state index contributed by atoms with van der Waals surface area (Å²) < 4.78 is 23.7. The normalized spacial score (nSPS) is 11.5. The molecule has 0 saturated carbocycles. The van der Waals surface area contributed by atoms with Gasteiger partial charge in [0.1, 0.15) is 11.6 Å². The van der Waals surface area contributed by atoms with Gasteiger partial charge < -0.3 is 14.8 Å². The third-order valence-corrected chi connectivity index (χ3v) is 4.29. The van der Waals surface area contributed by atoms with Gasteiger partial charge in [0.15, 0.2) is 0 Å². The van der Waals surface area contributed by atoms with Gasteiger partial charge in [-0.25, -0.2) is 4.39 Å². The van der Waals surface area contributed by atoms with Crippen molar-refractivity contribution in [3.05, 3.63) is 63.9 Å². The molecule has 2 aromatic carbocycles. The molecular formula is C18H17BrFNO4. The van der Waals surface area contributed by atoms with Crippen LogP contribution in [0.2, 0.25) is 0 Å². The molecule has 0 saturated heterocycles. The molecule has 1 N–H and O–H groups in total. The fourth-order valence-electron chi connectivity index (χ4n) is 2.25. The highest BCUT2D eigenvalue weighted by atomic mass is 79.9. The van der Waals surface area contributed by atoms with E-state index in [-0.39, 0.29) is 12.0 Å². The van der Waals surface area contributed by atoms with Crippen LogP contribution in [-0.2, 0) is 9.53 Å². The van der Waals surface area contributed by atoms with Gasteiger partial charge in [0.2, 0.25) is 0 Å². The third-order valence-electron chi connectivity index (χ3n) is 3.59. The Bertz CT molecular complexity index is 764. The molecule has 25 heavy (non-hydrogen) atoms. The third kappa shape index (κ3) is 5.03. The van der Waals surface area contributed by atoms with Crippen LogP contribution in [0.25, 0.3) is 0 Å². The van der Waals surface area contributed by atoms with Gasteiger partial charge in [0.25, 0.3) is 5.91 Å². The van der Waals surface area contributed by atoms with E-state index in [9.17, 15) is 14.0 Å². The van der Waals surface area contributed by atoms with Crippen LogP contribution in [0.4, 0.5) is 4.39 Å². The van der Waals surface area contributed by atoms with Crippen molar-refractivity contribution in [3.8, 4) is 5.75 Å². The van der Waals surface area contributed by atoms with Crippen molar-refractivity contribution in [1.29, 1.82) is 0 Å². The van der Waals surface area contributed by atoms with E-state index >= 15 is 0 Å². The van der Waals surface area contributed by atoms with Crippen LogP contribution in [0.15, 0.2) is 46.9 Å². The highest BCUT2D eigenvalue weighted by Gasteiger charge is 2.21. The Hall–Kier alpha value is -2.41. The fourth-order valence-corrected chi connectivity index (χ4v) is 2.67. The van der Waals surface area contributed by atoms with Crippen molar-refractivity contribution in [3.63, 3.8) is 0 Å². The Labute approximate surface area is 153 Å². The number of benzene rings is 2. The highest BCUT2D eigenvalue weighted by Crippen LogP contribution is 2.23. The number of esters is 1. The SMILES string of the molecule is COC(=O)CC(NC(=O)c1cc(F)ccc1Br)c1ccc(OC)cc1. The van der Waals surface area contributed by atoms with Crippen LogP contribution in [-0.4, -0.2) is 26.1 Å². The smallest absolute Gasteiger partial charge is 0.307 e. The van der Waals surface area contributed by atoms with E-state index in [4.69, 9.17) is 9.47 Å². The molecule has 2 aromatic rings. The first-order chi connectivity index (χ1) is 11.9. The molecule has 0 aliphatic heterocycles. The minimum absolute atomic E-state index is 0.0541. The summed E-state index contributed by atoms with van der Waals surface area (Å²) in [7, 11) is 2.82. The summed E-state index contributed by atoms with van der Waals surface area (Å²) in [6.07, 6.45) is -0.0541. The van der Waals surface area contributed by atoms with Crippen molar-refractivity contribution < 1.29 is 23.5 Å². The number of carbonyl (C=O) groups excluding carboxylic acids is 2. The number of halogens is 2. The molecule has 7 heteroatoms. The largest absolute Gasteiger partial charge is 0.497 e. The first-order valence-corrected chi connectivity index (χ1v) is 8.20. The van der Waals surface area contributed by atoms with E-state index in [1.165, 1.54) is 19.2 Å². The van der Waals surface area contributed by atoms with Gasteiger partial charge in [-0.05, 0) is 51.8 Å². The second kappa shape index (κ2) is 8.62. The summed E-state index contributed by atoms with van der Waals surface area (Å²) in [4.78, 5) is 24.2. The topological polar surface area (TPSA) is 64.6 Å². The lowest BCUT2D eigenvalue weighted by atomic mass is 10.0. The lowest BCUT2D eigenvalue weighted by molar-refractivity contribution is -0.141. The molecule has 2 rings (SSSR count). The molecule has 0 fully saturated rings.